The Morgan fingerprint density at radius 3 is 2.81 bits per heavy atom. The lowest BCUT2D eigenvalue weighted by molar-refractivity contribution is 0.227. The summed E-state index contributed by atoms with van der Waals surface area (Å²) in [6, 6.07) is 0.654. The summed E-state index contributed by atoms with van der Waals surface area (Å²) in [6.45, 7) is -4.73. The summed E-state index contributed by atoms with van der Waals surface area (Å²) in [5.41, 5.74) is 6.59. The zero-order valence-electron chi connectivity index (χ0n) is 24.9. The summed E-state index contributed by atoms with van der Waals surface area (Å²) in [4.78, 5) is 4.06. The highest BCUT2D eigenvalue weighted by Crippen LogP contribution is 2.37. The fraction of sp³-hybridized carbons (Fsp3) is 0.333. The Labute approximate surface area is 208 Å². The Morgan fingerprint density at radius 1 is 1.32 bits per heavy atom. The molecule has 0 spiro atoms. The Morgan fingerprint density at radius 2 is 2.06 bits per heavy atom. The zero-order valence-corrected chi connectivity index (χ0v) is 18.2. The monoisotopic (exact) mass is 494 g/mol. The van der Waals surface area contributed by atoms with Gasteiger partial charge in [0.1, 0.15) is 11.9 Å². The Bertz CT molecular complexity index is 1420. The topological polar surface area (TPSA) is 78.0 Å². The smallest absolute Gasteiger partial charge is 0.166 e. The van der Waals surface area contributed by atoms with E-state index in [1.54, 1.807) is 12.2 Å². The van der Waals surface area contributed by atoms with Crippen LogP contribution in [0.25, 0.3) is 11.1 Å². The molecule has 10 heteroatoms. The van der Waals surface area contributed by atoms with Gasteiger partial charge in [-0.05, 0) is 50.9 Å². The number of piperidine rings is 1. The van der Waals surface area contributed by atoms with E-state index in [9.17, 15) is 4.39 Å². The minimum atomic E-state index is -3.30. The molecule has 1 saturated heterocycles. The number of halogens is 4. The third-order valence-corrected chi connectivity index (χ3v) is 5.02. The second kappa shape index (κ2) is 10.0. The molecule has 0 amide bonds. The van der Waals surface area contributed by atoms with Gasteiger partial charge < -0.3 is 15.8 Å². The molecule has 2 aromatic heterocycles. The lowest BCUT2D eigenvalue weighted by Gasteiger charge is -2.22. The molecular weight excluding hydrogens is 464 g/mol. The third kappa shape index (κ3) is 5.06. The van der Waals surface area contributed by atoms with Crippen molar-refractivity contribution in [1.82, 2.24) is 20.1 Å². The van der Waals surface area contributed by atoms with Gasteiger partial charge in [-0.15, -0.1) is 12.4 Å². The van der Waals surface area contributed by atoms with E-state index in [-0.39, 0.29) is 50.7 Å². The van der Waals surface area contributed by atoms with Crippen LogP contribution in [0.4, 0.5) is 10.2 Å². The minimum Gasteiger partial charge on any atom is -0.482 e. The van der Waals surface area contributed by atoms with Crippen LogP contribution in [0.1, 0.15) is 49.7 Å². The van der Waals surface area contributed by atoms with Crippen molar-refractivity contribution in [3.63, 3.8) is 0 Å². The van der Waals surface area contributed by atoms with Gasteiger partial charge in [0.15, 0.2) is 11.6 Å². The number of hydrogen-bond acceptors (Lipinski definition) is 5. The standard InChI is InChI=1S/C21H22Cl2FN5O.ClH/c1-12(19-16(22)2-3-17(24)20(19)23)30-18-8-13(9-27-21(18)25)14-10-28-29(11-14)15-4-6-26-7-5-15;/h2-3,8-12,15,26H,4-7H2,1H3,(H2,25,27);1H/t12-;/m1./s1/i4D2,5D2,6D2,7D2,15D;. The van der Waals surface area contributed by atoms with Crippen molar-refractivity contribution in [2.45, 2.75) is 31.8 Å². The second-order valence-corrected chi connectivity index (χ2v) is 7.06. The summed E-state index contributed by atoms with van der Waals surface area (Å²) in [6.07, 6.45) is -3.96. The Kier molecular flexibility index (Phi) is 4.59. The highest BCUT2D eigenvalue weighted by Gasteiger charge is 2.21. The van der Waals surface area contributed by atoms with E-state index in [2.05, 4.69) is 10.1 Å². The van der Waals surface area contributed by atoms with Crippen molar-refractivity contribution in [3.8, 4) is 16.9 Å². The molecule has 166 valence electrons. The van der Waals surface area contributed by atoms with Gasteiger partial charge in [0, 0.05) is 45.1 Å². The number of nitrogens with zero attached hydrogens (tertiary/aromatic N) is 3. The van der Waals surface area contributed by atoms with Gasteiger partial charge in [0.2, 0.25) is 0 Å². The van der Waals surface area contributed by atoms with Gasteiger partial charge in [-0.2, -0.15) is 5.10 Å². The number of pyridine rings is 1. The summed E-state index contributed by atoms with van der Waals surface area (Å²) in [5, 5.41) is 5.55. The summed E-state index contributed by atoms with van der Waals surface area (Å²) in [5.74, 6) is -0.717. The van der Waals surface area contributed by atoms with Gasteiger partial charge in [0.25, 0.3) is 0 Å². The number of nitrogen functional groups attached to an aromatic ring is 1. The SMILES string of the molecule is Cl.[2H]C1([2H])NC([2H])([2H])C([2H])([2H])C([2H])(n2cc(-c3cnc(N)c(O[C@H](C)c4c(Cl)ccc(F)c4Cl)c3)cn2)C1([2H])[2H]. The first-order chi connectivity index (χ1) is 17.8. The summed E-state index contributed by atoms with van der Waals surface area (Å²) in [7, 11) is 0. The van der Waals surface area contributed by atoms with Crippen molar-refractivity contribution in [1.29, 1.82) is 0 Å². The van der Waals surface area contributed by atoms with E-state index in [4.69, 9.17) is 46.0 Å². The number of aromatic nitrogens is 3. The average molecular weight is 496 g/mol. The molecule has 4 rings (SSSR count). The van der Waals surface area contributed by atoms with E-state index >= 15 is 0 Å². The quantitative estimate of drug-likeness (QED) is 0.460. The lowest BCUT2D eigenvalue weighted by Crippen LogP contribution is -2.29. The van der Waals surface area contributed by atoms with Gasteiger partial charge in [-0.3, -0.25) is 4.68 Å². The van der Waals surface area contributed by atoms with E-state index in [0.29, 0.717) is 4.68 Å². The van der Waals surface area contributed by atoms with Gasteiger partial charge >= 0.3 is 0 Å². The molecule has 31 heavy (non-hydrogen) atoms. The maximum absolute atomic E-state index is 14.0. The van der Waals surface area contributed by atoms with Gasteiger partial charge in [-0.1, -0.05) is 23.2 Å². The van der Waals surface area contributed by atoms with Crippen LogP contribution >= 0.6 is 35.6 Å². The molecule has 1 atom stereocenters. The van der Waals surface area contributed by atoms with E-state index in [1.165, 1.54) is 18.3 Å². The van der Waals surface area contributed by atoms with Crippen molar-refractivity contribution >= 4 is 41.4 Å². The molecule has 1 fully saturated rings. The molecule has 3 heterocycles. The van der Waals surface area contributed by atoms with Crippen LogP contribution in [0.15, 0.2) is 36.8 Å². The third-order valence-electron chi connectivity index (χ3n) is 4.30. The Balaban J connectivity index is 0.00000441. The van der Waals surface area contributed by atoms with Crippen LogP contribution in [-0.2, 0) is 0 Å². The van der Waals surface area contributed by atoms with Crippen molar-refractivity contribution in [2.75, 3.05) is 18.7 Å². The normalized spacial score (nSPS) is 27.2. The molecule has 3 aromatic rings. The van der Waals surface area contributed by atoms with Gasteiger partial charge in [-0.25, -0.2) is 9.37 Å². The largest absolute Gasteiger partial charge is 0.482 e. The number of nitrogens with one attached hydrogen (secondary N) is 1. The number of anilines is 1. The van der Waals surface area contributed by atoms with Crippen molar-refractivity contribution < 1.29 is 21.5 Å². The van der Waals surface area contributed by atoms with E-state index < -0.39 is 43.7 Å². The van der Waals surface area contributed by atoms with E-state index in [0.717, 1.165) is 18.5 Å². The van der Waals surface area contributed by atoms with Crippen molar-refractivity contribution in [2.24, 2.45) is 0 Å². The Hall–Kier alpha value is -2.06. The first kappa shape index (κ1) is 14.2. The number of rotatable bonds is 5. The summed E-state index contributed by atoms with van der Waals surface area (Å²) < 4.78 is 94.4. The lowest BCUT2D eigenvalue weighted by atomic mass is 10.1. The first-order valence-electron chi connectivity index (χ1n) is 13.2. The maximum Gasteiger partial charge on any atom is 0.166 e. The summed E-state index contributed by atoms with van der Waals surface area (Å²) >= 11 is 12.2. The molecule has 1 aliphatic rings. The predicted octanol–water partition coefficient (Wildman–Crippen LogP) is 5.46. The average Bonchev–Trinajstić information content (AvgIpc) is 3.31. The fourth-order valence-corrected chi connectivity index (χ4v) is 3.50. The fourth-order valence-electron chi connectivity index (χ4n) is 2.82. The van der Waals surface area contributed by atoms with Crippen LogP contribution in [0.5, 0.6) is 5.75 Å². The second-order valence-electron chi connectivity index (χ2n) is 6.27. The van der Waals surface area contributed by atoms with Crippen LogP contribution < -0.4 is 15.8 Å². The number of nitrogens with two attached hydrogens (primary N) is 1. The molecule has 0 aliphatic carbocycles. The van der Waals surface area contributed by atoms with Crippen molar-refractivity contribution in [3.05, 3.63) is 58.2 Å². The molecular formula is C21H23Cl3FN5O. The van der Waals surface area contributed by atoms with Gasteiger partial charge in [0.05, 0.1) is 18.6 Å². The van der Waals surface area contributed by atoms with Crippen LogP contribution in [0.3, 0.4) is 0 Å². The molecule has 3 N–H and O–H groups in total. The molecule has 0 unspecified atom stereocenters. The van der Waals surface area contributed by atoms with Crippen LogP contribution in [0.2, 0.25) is 10.0 Å². The number of hydrogen-bond donors (Lipinski definition) is 2. The maximum atomic E-state index is 14.0. The zero-order chi connectivity index (χ0) is 29.3. The first-order valence-corrected chi connectivity index (χ1v) is 9.44. The molecule has 0 saturated carbocycles. The number of benzene rings is 1. The molecule has 1 aromatic carbocycles. The number of ether oxygens (including phenoxy) is 1. The van der Waals surface area contributed by atoms with E-state index in [1.807, 2.05) is 0 Å². The van der Waals surface area contributed by atoms with Crippen LogP contribution in [-0.4, -0.2) is 27.8 Å². The highest BCUT2D eigenvalue weighted by molar-refractivity contribution is 6.36. The molecule has 1 aliphatic heterocycles. The molecule has 0 bridgehead atoms. The molecule has 0 radical (unpaired) electrons. The minimum absolute atomic E-state index is 0. The highest BCUT2D eigenvalue weighted by atomic mass is 35.5. The predicted molar refractivity (Wildman–Crippen MR) is 124 cm³/mol. The molecule has 6 nitrogen and oxygen atoms in total. The van der Waals surface area contributed by atoms with Crippen LogP contribution in [0, 0.1) is 5.82 Å².